The average Bonchev–Trinajstić information content (AvgIpc) is 3.62. The number of benzene rings is 1. The van der Waals surface area contributed by atoms with Crippen molar-refractivity contribution in [2.45, 2.75) is 44.3 Å². The van der Waals surface area contributed by atoms with Crippen molar-refractivity contribution in [2.75, 3.05) is 36.8 Å². The number of carbonyl (C=O) groups is 1. The van der Waals surface area contributed by atoms with Crippen LogP contribution in [0.25, 0.3) is 33.7 Å². The predicted octanol–water partition coefficient (Wildman–Crippen LogP) is 4.88. The quantitative estimate of drug-likeness (QED) is 0.321. The lowest BCUT2D eigenvalue weighted by Crippen LogP contribution is -2.29. The van der Waals surface area contributed by atoms with Crippen LogP contribution in [0.5, 0.6) is 0 Å². The number of hydrogen-bond acceptors (Lipinski definition) is 8. The zero-order valence-electron chi connectivity index (χ0n) is 21.7. The Kier molecular flexibility index (Phi) is 7.92. The molecule has 0 saturated carbocycles. The Balaban J connectivity index is 0.000000411. The highest BCUT2D eigenvalue weighted by Crippen LogP contribution is 2.33. The number of nitrogens with one attached hydrogen (secondary N) is 1. The molecule has 0 spiro atoms. The van der Waals surface area contributed by atoms with Crippen molar-refractivity contribution >= 4 is 28.6 Å². The lowest BCUT2D eigenvalue weighted by atomic mass is 10.1. The van der Waals surface area contributed by atoms with Crippen LogP contribution in [0.1, 0.15) is 38.1 Å². The van der Waals surface area contributed by atoms with Crippen molar-refractivity contribution in [1.82, 2.24) is 25.1 Å². The predicted molar refractivity (Wildman–Crippen MR) is 144 cm³/mol. The van der Waals surface area contributed by atoms with Crippen molar-refractivity contribution in [2.24, 2.45) is 0 Å². The number of fused-ring (bicyclic) bond motifs is 1. The number of pyridine rings is 1. The van der Waals surface area contributed by atoms with Crippen LogP contribution in [-0.2, 0) is 4.79 Å². The van der Waals surface area contributed by atoms with E-state index < -0.39 is 12.1 Å². The number of carboxylic acid groups (broad SMARTS) is 1. The van der Waals surface area contributed by atoms with E-state index in [0.29, 0.717) is 23.3 Å². The molecule has 212 valence electrons. The Morgan fingerprint density at radius 1 is 1.07 bits per heavy atom. The van der Waals surface area contributed by atoms with Gasteiger partial charge in [0.05, 0.1) is 17.8 Å². The van der Waals surface area contributed by atoms with Crippen LogP contribution < -0.4 is 16.0 Å². The van der Waals surface area contributed by atoms with Crippen LogP contribution in [-0.4, -0.2) is 63.2 Å². The molecule has 40 heavy (non-hydrogen) atoms. The lowest BCUT2D eigenvalue weighted by molar-refractivity contribution is -0.192. The SMILES string of the molecule is Nc1ncc(-c2cnn(C3CCNCC3)c2)cc1-c1nc2cc(N3CCCCC3)ccc2o1.O=C(O)C(F)(F)F. The van der Waals surface area contributed by atoms with Gasteiger partial charge in [0.15, 0.2) is 5.58 Å². The monoisotopic (exact) mass is 557 g/mol. The maximum Gasteiger partial charge on any atom is 0.490 e. The molecule has 0 radical (unpaired) electrons. The highest BCUT2D eigenvalue weighted by Gasteiger charge is 2.38. The van der Waals surface area contributed by atoms with E-state index in [1.165, 1.54) is 24.9 Å². The topological polar surface area (TPSA) is 135 Å². The molecule has 2 aliphatic heterocycles. The second-order valence-electron chi connectivity index (χ2n) is 9.87. The van der Waals surface area contributed by atoms with Crippen LogP contribution >= 0.6 is 0 Å². The number of nitrogen functional groups attached to an aromatic ring is 1. The van der Waals surface area contributed by atoms with Gasteiger partial charge in [0.25, 0.3) is 0 Å². The summed E-state index contributed by atoms with van der Waals surface area (Å²) in [5.41, 5.74) is 11.7. The van der Waals surface area contributed by atoms with E-state index in [1.54, 1.807) is 6.20 Å². The minimum atomic E-state index is -5.08. The first kappa shape index (κ1) is 27.4. The number of carboxylic acids is 1. The van der Waals surface area contributed by atoms with E-state index in [-0.39, 0.29) is 0 Å². The number of rotatable bonds is 4. The van der Waals surface area contributed by atoms with Crippen LogP contribution in [0.15, 0.2) is 47.3 Å². The van der Waals surface area contributed by atoms with Gasteiger partial charge in [-0.05, 0) is 69.5 Å². The van der Waals surface area contributed by atoms with Crippen molar-refractivity contribution in [3.8, 4) is 22.6 Å². The zero-order valence-corrected chi connectivity index (χ0v) is 21.7. The molecule has 4 aromatic rings. The molecule has 1 aromatic carbocycles. The molecule has 0 aliphatic carbocycles. The fourth-order valence-corrected chi connectivity index (χ4v) is 4.94. The van der Waals surface area contributed by atoms with Gasteiger partial charge >= 0.3 is 12.1 Å². The number of anilines is 2. The first-order valence-electron chi connectivity index (χ1n) is 13.2. The van der Waals surface area contributed by atoms with Gasteiger partial charge in [-0.3, -0.25) is 4.68 Å². The van der Waals surface area contributed by atoms with Crippen LogP contribution in [0.4, 0.5) is 24.7 Å². The number of nitrogens with two attached hydrogens (primary N) is 1. The molecule has 0 unspecified atom stereocenters. The van der Waals surface area contributed by atoms with Gasteiger partial charge in [-0.15, -0.1) is 0 Å². The normalized spacial score (nSPS) is 16.5. The number of halogens is 3. The fourth-order valence-electron chi connectivity index (χ4n) is 4.94. The van der Waals surface area contributed by atoms with Gasteiger partial charge in [0, 0.05) is 42.3 Å². The summed E-state index contributed by atoms with van der Waals surface area (Å²) in [7, 11) is 0. The van der Waals surface area contributed by atoms with E-state index in [9.17, 15) is 13.2 Å². The van der Waals surface area contributed by atoms with Crippen molar-refractivity contribution in [3.63, 3.8) is 0 Å². The molecule has 2 fully saturated rings. The van der Waals surface area contributed by atoms with E-state index in [0.717, 1.165) is 61.2 Å². The molecule has 0 atom stereocenters. The number of aromatic nitrogens is 4. The maximum absolute atomic E-state index is 10.6. The minimum Gasteiger partial charge on any atom is -0.475 e. The number of piperidine rings is 2. The van der Waals surface area contributed by atoms with Gasteiger partial charge < -0.3 is 25.5 Å². The third kappa shape index (κ3) is 6.19. The van der Waals surface area contributed by atoms with Crippen molar-refractivity contribution in [1.29, 1.82) is 0 Å². The first-order valence-corrected chi connectivity index (χ1v) is 13.2. The zero-order chi connectivity index (χ0) is 28.3. The average molecular weight is 558 g/mol. The Morgan fingerprint density at radius 2 is 1.80 bits per heavy atom. The van der Waals surface area contributed by atoms with E-state index in [4.69, 9.17) is 25.0 Å². The minimum absolute atomic E-state index is 0.410. The number of hydrogen-bond donors (Lipinski definition) is 3. The summed E-state index contributed by atoms with van der Waals surface area (Å²) in [5, 5.41) is 15.1. The second kappa shape index (κ2) is 11.5. The van der Waals surface area contributed by atoms with Crippen LogP contribution in [0, 0.1) is 0 Å². The molecular weight excluding hydrogens is 527 g/mol. The molecule has 2 aliphatic rings. The van der Waals surface area contributed by atoms with Crippen LogP contribution in [0.2, 0.25) is 0 Å². The molecule has 10 nitrogen and oxygen atoms in total. The standard InChI is InChI=1S/C25H29N7O.C2HF3O2/c26-24-21(12-17(14-28-24)18-15-29-32(16-18)19-6-8-27-9-7-19)25-30-22-13-20(4-5-23(22)33-25)31-10-2-1-3-11-31;3-2(4,5)1(6)7/h4-5,12-16,19,27H,1-3,6-11H2,(H2,26,28);(H,6,7). The number of aliphatic carboxylic acids is 1. The van der Waals surface area contributed by atoms with Crippen molar-refractivity contribution in [3.05, 3.63) is 42.9 Å². The van der Waals surface area contributed by atoms with Crippen LogP contribution in [0.3, 0.4) is 0 Å². The Labute approximate surface area is 228 Å². The van der Waals surface area contributed by atoms with Gasteiger partial charge in [-0.25, -0.2) is 14.8 Å². The Morgan fingerprint density at radius 3 is 2.50 bits per heavy atom. The summed E-state index contributed by atoms with van der Waals surface area (Å²) in [6.07, 6.45) is 6.69. The Bertz CT molecular complexity index is 1470. The third-order valence-corrected chi connectivity index (χ3v) is 7.10. The maximum atomic E-state index is 10.6. The molecule has 5 heterocycles. The summed E-state index contributed by atoms with van der Waals surface area (Å²) < 4.78 is 39.9. The lowest BCUT2D eigenvalue weighted by Gasteiger charge is -2.28. The summed E-state index contributed by atoms with van der Waals surface area (Å²) in [6, 6.07) is 8.68. The molecule has 3 aromatic heterocycles. The van der Waals surface area contributed by atoms with Crippen molar-refractivity contribution < 1.29 is 27.5 Å². The summed E-state index contributed by atoms with van der Waals surface area (Å²) in [6.45, 7) is 4.26. The molecule has 13 heteroatoms. The smallest absolute Gasteiger partial charge is 0.475 e. The largest absolute Gasteiger partial charge is 0.490 e. The highest BCUT2D eigenvalue weighted by molar-refractivity contribution is 5.83. The van der Waals surface area contributed by atoms with Gasteiger partial charge in [-0.1, -0.05) is 0 Å². The van der Waals surface area contributed by atoms with Gasteiger partial charge in [0.1, 0.15) is 11.3 Å². The molecule has 2 saturated heterocycles. The first-order chi connectivity index (χ1) is 19.2. The molecule has 4 N–H and O–H groups in total. The number of oxazole rings is 1. The summed E-state index contributed by atoms with van der Waals surface area (Å²) in [5.74, 6) is -1.85. The Hall–Kier alpha value is -4.13. The second-order valence-corrected chi connectivity index (χ2v) is 9.87. The number of alkyl halides is 3. The van der Waals surface area contributed by atoms with Gasteiger partial charge in [0.2, 0.25) is 5.89 Å². The van der Waals surface area contributed by atoms with E-state index in [2.05, 4.69) is 43.3 Å². The van der Waals surface area contributed by atoms with E-state index >= 15 is 0 Å². The summed E-state index contributed by atoms with van der Waals surface area (Å²) >= 11 is 0. The third-order valence-electron chi connectivity index (χ3n) is 7.10. The molecule has 6 rings (SSSR count). The van der Waals surface area contributed by atoms with E-state index in [1.807, 2.05) is 18.3 Å². The molecular formula is C27H30F3N7O3. The molecule has 0 amide bonds. The highest BCUT2D eigenvalue weighted by atomic mass is 19.4. The molecule has 0 bridgehead atoms. The summed E-state index contributed by atoms with van der Waals surface area (Å²) in [4.78, 5) is 20.5. The fraction of sp³-hybridized carbons (Fsp3) is 0.407. The number of nitrogens with zero attached hydrogens (tertiary/aromatic N) is 5. The van der Waals surface area contributed by atoms with Gasteiger partial charge in [-0.2, -0.15) is 18.3 Å².